The van der Waals surface area contributed by atoms with E-state index in [0.717, 1.165) is 16.5 Å². The number of benzene rings is 3. The number of aryl methyl sites for hydroxylation is 2. The van der Waals surface area contributed by atoms with Gasteiger partial charge in [0.15, 0.2) is 0 Å². The highest BCUT2D eigenvalue weighted by Crippen LogP contribution is 2.25. The molecule has 1 amide bonds. The van der Waals surface area contributed by atoms with Gasteiger partial charge in [-0.05, 0) is 79.9 Å². The minimum Gasteiger partial charge on any atom is -0.267 e. The van der Waals surface area contributed by atoms with Crippen molar-refractivity contribution in [3.8, 4) is 11.3 Å². The van der Waals surface area contributed by atoms with E-state index >= 15 is 0 Å². The van der Waals surface area contributed by atoms with E-state index in [2.05, 4.69) is 28.5 Å². The Hall–Kier alpha value is -3.86. The molecule has 4 rings (SSSR count). The van der Waals surface area contributed by atoms with Crippen LogP contribution in [0.15, 0.2) is 77.9 Å². The lowest BCUT2D eigenvalue weighted by molar-refractivity contribution is 0.0956. The molecule has 0 aliphatic rings. The van der Waals surface area contributed by atoms with Gasteiger partial charge in [-0.15, -0.1) is 0 Å². The zero-order chi connectivity index (χ0) is 22.0. The van der Waals surface area contributed by atoms with Gasteiger partial charge in [0, 0.05) is 10.9 Å². The van der Waals surface area contributed by atoms with Crippen molar-refractivity contribution < 1.29 is 9.18 Å². The fraction of sp³-hybridized carbons (Fsp3) is 0.115. The van der Waals surface area contributed by atoms with Crippen LogP contribution in [-0.2, 0) is 0 Å². The third kappa shape index (κ3) is 4.36. The molecule has 4 aromatic rings. The summed E-state index contributed by atoms with van der Waals surface area (Å²) >= 11 is 0. The van der Waals surface area contributed by atoms with Gasteiger partial charge in [0.1, 0.15) is 5.82 Å². The SMILES string of the molecule is CC(=NNC(=O)c1cc(-c2ccc(F)cc2)nc2ccccc12)c1ccc(C)c(C)c1. The normalized spacial score (nSPS) is 11.5. The van der Waals surface area contributed by atoms with E-state index in [9.17, 15) is 9.18 Å². The third-order valence-corrected chi connectivity index (χ3v) is 5.35. The molecule has 0 saturated heterocycles. The lowest BCUT2D eigenvalue weighted by atomic mass is 10.0. The summed E-state index contributed by atoms with van der Waals surface area (Å²) in [6.07, 6.45) is 0. The number of hydrogen-bond acceptors (Lipinski definition) is 3. The first kappa shape index (κ1) is 20.4. The molecule has 0 fully saturated rings. The summed E-state index contributed by atoms with van der Waals surface area (Å²) in [5.74, 6) is -0.649. The van der Waals surface area contributed by atoms with E-state index in [1.54, 1.807) is 18.2 Å². The molecular weight excluding hydrogens is 389 g/mol. The van der Waals surface area contributed by atoms with Crippen LogP contribution in [0.1, 0.15) is 34.0 Å². The number of carbonyl (C=O) groups excluding carboxylic acids is 1. The van der Waals surface area contributed by atoms with Crippen molar-refractivity contribution in [2.24, 2.45) is 5.10 Å². The molecule has 0 atom stereocenters. The number of nitrogens with one attached hydrogen (secondary N) is 1. The van der Waals surface area contributed by atoms with Crippen LogP contribution in [0.4, 0.5) is 4.39 Å². The Morgan fingerprint density at radius 1 is 0.935 bits per heavy atom. The van der Waals surface area contributed by atoms with E-state index in [-0.39, 0.29) is 11.7 Å². The van der Waals surface area contributed by atoms with Crippen LogP contribution in [0.5, 0.6) is 0 Å². The number of rotatable bonds is 4. The van der Waals surface area contributed by atoms with Gasteiger partial charge in [-0.2, -0.15) is 5.10 Å². The molecule has 0 saturated carbocycles. The van der Waals surface area contributed by atoms with Crippen LogP contribution in [0.25, 0.3) is 22.2 Å². The number of fused-ring (bicyclic) bond motifs is 1. The highest BCUT2D eigenvalue weighted by molar-refractivity contribution is 6.08. The summed E-state index contributed by atoms with van der Waals surface area (Å²) in [5.41, 5.74) is 9.19. The summed E-state index contributed by atoms with van der Waals surface area (Å²) < 4.78 is 13.3. The predicted molar refractivity (Wildman–Crippen MR) is 123 cm³/mol. The number of hydrogen-bond donors (Lipinski definition) is 1. The molecule has 1 aromatic heterocycles. The molecule has 0 aliphatic heterocycles. The predicted octanol–water partition coefficient (Wildman–Crippen LogP) is 5.81. The van der Waals surface area contributed by atoms with Crippen LogP contribution in [0.3, 0.4) is 0 Å². The molecule has 0 radical (unpaired) electrons. The molecule has 0 bridgehead atoms. The number of halogens is 1. The first-order valence-electron chi connectivity index (χ1n) is 10.0. The summed E-state index contributed by atoms with van der Waals surface area (Å²) in [5, 5.41) is 5.04. The molecule has 0 aliphatic carbocycles. The smallest absolute Gasteiger partial charge is 0.267 e. The fourth-order valence-corrected chi connectivity index (χ4v) is 3.36. The van der Waals surface area contributed by atoms with E-state index in [0.29, 0.717) is 22.5 Å². The van der Waals surface area contributed by atoms with Crippen LogP contribution < -0.4 is 5.43 Å². The molecule has 154 valence electrons. The van der Waals surface area contributed by atoms with Crippen molar-refractivity contribution in [1.82, 2.24) is 10.4 Å². The topological polar surface area (TPSA) is 54.4 Å². The third-order valence-electron chi connectivity index (χ3n) is 5.35. The quantitative estimate of drug-likeness (QED) is 0.340. The average Bonchev–Trinajstić information content (AvgIpc) is 2.78. The zero-order valence-corrected chi connectivity index (χ0v) is 17.6. The Labute approximate surface area is 180 Å². The van der Waals surface area contributed by atoms with Crippen LogP contribution >= 0.6 is 0 Å². The molecule has 31 heavy (non-hydrogen) atoms. The molecule has 4 nitrogen and oxygen atoms in total. The molecular formula is C26H22FN3O. The summed E-state index contributed by atoms with van der Waals surface area (Å²) in [7, 11) is 0. The molecule has 1 heterocycles. The molecule has 1 N–H and O–H groups in total. The minimum atomic E-state index is -0.329. The van der Waals surface area contributed by atoms with E-state index < -0.39 is 0 Å². The van der Waals surface area contributed by atoms with Crippen molar-refractivity contribution in [1.29, 1.82) is 0 Å². The second kappa shape index (κ2) is 8.48. The van der Waals surface area contributed by atoms with Gasteiger partial charge in [-0.3, -0.25) is 4.79 Å². The minimum absolute atomic E-state index is 0.321. The zero-order valence-electron chi connectivity index (χ0n) is 17.6. The number of amides is 1. The van der Waals surface area contributed by atoms with Crippen molar-refractivity contribution >= 4 is 22.5 Å². The van der Waals surface area contributed by atoms with Gasteiger partial charge in [-0.25, -0.2) is 14.8 Å². The van der Waals surface area contributed by atoms with Crippen molar-refractivity contribution in [3.05, 3.63) is 101 Å². The Morgan fingerprint density at radius 3 is 2.42 bits per heavy atom. The first-order chi connectivity index (χ1) is 14.9. The van der Waals surface area contributed by atoms with Gasteiger partial charge in [-0.1, -0.05) is 30.3 Å². The molecule has 5 heteroatoms. The average molecular weight is 411 g/mol. The maximum Gasteiger partial charge on any atom is 0.272 e. The second-order valence-electron chi connectivity index (χ2n) is 7.52. The summed E-state index contributed by atoms with van der Waals surface area (Å²) in [6, 6.07) is 21.3. The van der Waals surface area contributed by atoms with Crippen molar-refractivity contribution in [2.45, 2.75) is 20.8 Å². The summed E-state index contributed by atoms with van der Waals surface area (Å²) in [4.78, 5) is 17.7. The van der Waals surface area contributed by atoms with E-state index in [4.69, 9.17) is 0 Å². The number of pyridine rings is 1. The van der Waals surface area contributed by atoms with Crippen molar-refractivity contribution in [2.75, 3.05) is 0 Å². The van der Waals surface area contributed by atoms with Gasteiger partial charge in [0.25, 0.3) is 5.91 Å². The highest BCUT2D eigenvalue weighted by atomic mass is 19.1. The van der Waals surface area contributed by atoms with Crippen LogP contribution in [0.2, 0.25) is 0 Å². The van der Waals surface area contributed by atoms with E-state index in [1.165, 1.54) is 23.3 Å². The van der Waals surface area contributed by atoms with Crippen LogP contribution in [-0.4, -0.2) is 16.6 Å². The summed E-state index contributed by atoms with van der Waals surface area (Å²) in [6.45, 7) is 5.96. The maximum absolute atomic E-state index is 13.3. The molecule has 3 aromatic carbocycles. The fourth-order valence-electron chi connectivity index (χ4n) is 3.36. The van der Waals surface area contributed by atoms with Gasteiger partial charge >= 0.3 is 0 Å². The van der Waals surface area contributed by atoms with Gasteiger partial charge in [0.05, 0.1) is 22.5 Å². The Balaban J connectivity index is 1.69. The lowest BCUT2D eigenvalue weighted by Crippen LogP contribution is -2.20. The highest BCUT2D eigenvalue weighted by Gasteiger charge is 2.14. The number of hydrazone groups is 1. The molecule has 0 unspecified atom stereocenters. The number of para-hydroxylation sites is 1. The largest absolute Gasteiger partial charge is 0.272 e. The first-order valence-corrected chi connectivity index (χ1v) is 10.0. The van der Waals surface area contributed by atoms with Gasteiger partial charge in [0.2, 0.25) is 0 Å². The van der Waals surface area contributed by atoms with Crippen LogP contribution in [0, 0.1) is 19.7 Å². The van der Waals surface area contributed by atoms with Gasteiger partial charge < -0.3 is 0 Å². The monoisotopic (exact) mass is 411 g/mol. The van der Waals surface area contributed by atoms with Crippen molar-refractivity contribution in [3.63, 3.8) is 0 Å². The molecule has 0 spiro atoms. The Kier molecular flexibility index (Phi) is 5.58. The lowest BCUT2D eigenvalue weighted by Gasteiger charge is -2.10. The number of carbonyl (C=O) groups is 1. The van der Waals surface area contributed by atoms with E-state index in [1.807, 2.05) is 50.2 Å². The number of aromatic nitrogens is 1. The Morgan fingerprint density at radius 2 is 1.68 bits per heavy atom. The number of nitrogens with zero attached hydrogens (tertiary/aromatic N) is 2. The standard InChI is InChI=1S/C26H22FN3O/c1-16-8-9-20(14-17(16)2)18(3)29-30-26(31)23-15-25(19-10-12-21(27)13-11-19)28-24-7-5-4-6-22(23)24/h4-15H,1-3H3,(H,30,31). The maximum atomic E-state index is 13.3. The second-order valence-corrected chi connectivity index (χ2v) is 7.52. The Bertz CT molecular complexity index is 1310.